The lowest BCUT2D eigenvalue weighted by Gasteiger charge is -2.09. The second-order valence-corrected chi connectivity index (χ2v) is 9.27. The quantitative estimate of drug-likeness (QED) is 0.0750. The maximum atomic E-state index is 12.6. The van der Waals surface area contributed by atoms with E-state index in [1.54, 1.807) is 91.0 Å². The maximum Gasteiger partial charge on any atom is 0.336 e. The number of nitrogens with one attached hydrogen (secondary N) is 2. The van der Waals surface area contributed by atoms with Crippen LogP contribution in [0.4, 0.5) is 5.69 Å². The molecule has 206 valence electrons. The number of hydrogen-bond donors (Lipinski definition) is 2. The summed E-state index contributed by atoms with van der Waals surface area (Å²) < 4.78 is 10.7. The Morgan fingerprint density at radius 3 is 2.32 bits per heavy atom. The molecule has 0 aromatic heterocycles. The molecule has 2 N–H and O–H groups in total. The fourth-order valence-corrected chi connectivity index (χ4v) is 3.89. The van der Waals surface area contributed by atoms with Crippen molar-refractivity contribution in [3.05, 3.63) is 129 Å². The number of nitrogens with zero attached hydrogens (tertiary/aromatic N) is 1. The molecular weight excluding hydrogens is 565 g/mol. The molecule has 0 saturated carbocycles. The lowest BCUT2D eigenvalue weighted by atomic mass is 10.1. The third kappa shape index (κ3) is 8.28. The molecule has 0 aliphatic carbocycles. The van der Waals surface area contributed by atoms with E-state index in [0.717, 1.165) is 5.56 Å². The lowest BCUT2D eigenvalue weighted by molar-refractivity contribution is -0.129. The van der Waals surface area contributed by atoms with Crippen molar-refractivity contribution >= 4 is 59.0 Å². The molecule has 0 spiro atoms. The molecule has 0 radical (unpaired) electrons. The number of carbonyl (C=O) groups is 3. The number of halogens is 2. The molecule has 4 aromatic rings. The second kappa shape index (κ2) is 13.9. The number of benzene rings is 4. The first-order chi connectivity index (χ1) is 19.8. The first kappa shape index (κ1) is 29.1. The van der Waals surface area contributed by atoms with Crippen molar-refractivity contribution in [3.8, 4) is 11.5 Å². The van der Waals surface area contributed by atoms with E-state index in [-0.39, 0.29) is 11.3 Å². The van der Waals surface area contributed by atoms with Crippen LogP contribution >= 0.6 is 23.2 Å². The van der Waals surface area contributed by atoms with Crippen LogP contribution in [0.3, 0.4) is 0 Å². The number of methoxy groups -OCH3 is 1. The highest BCUT2D eigenvalue weighted by atomic mass is 35.5. The number of hydrogen-bond acceptors (Lipinski definition) is 6. The lowest BCUT2D eigenvalue weighted by Crippen LogP contribution is -2.18. The summed E-state index contributed by atoms with van der Waals surface area (Å²) in [5, 5.41) is 7.64. The predicted molar refractivity (Wildman–Crippen MR) is 160 cm³/mol. The van der Waals surface area contributed by atoms with E-state index in [0.29, 0.717) is 32.6 Å². The van der Waals surface area contributed by atoms with Gasteiger partial charge in [0.1, 0.15) is 0 Å². The van der Waals surface area contributed by atoms with Crippen LogP contribution in [0.15, 0.2) is 102 Å². The van der Waals surface area contributed by atoms with Gasteiger partial charge in [0.2, 0.25) is 0 Å². The van der Waals surface area contributed by atoms with Crippen molar-refractivity contribution in [2.24, 2.45) is 5.10 Å². The molecule has 4 rings (SSSR count). The van der Waals surface area contributed by atoms with Crippen LogP contribution < -0.4 is 20.2 Å². The first-order valence-corrected chi connectivity index (χ1v) is 12.9. The highest BCUT2D eigenvalue weighted by Gasteiger charge is 2.12. The van der Waals surface area contributed by atoms with E-state index >= 15 is 0 Å². The van der Waals surface area contributed by atoms with Gasteiger partial charge in [0.25, 0.3) is 11.8 Å². The van der Waals surface area contributed by atoms with Crippen molar-refractivity contribution < 1.29 is 23.9 Å². The van der Waals surface area contributed by atoms with Crippen LogP contribution in [0, 0.1) is 0 Å². The molecule has 2 amide bonds. The van der Waals surface area contributed by atoms with Crippen molar-refractivity contribution in [2.45, 2.75) is 0 Å². The molecule has 41 heavy (non-hydrogen) atoms. The van der Waals surface area contributed by atoms with Crippen molar-refractivity contribution in [1.82, 2.24) is 5.43 Å². The van der Waals surface area contributed by atoms with Crippen LogP contribution in [-0.4, -0.2) is 31.1 Å². The van der Waals surface area contributed by atoms with Crippen LogP contribution in [0.25, 0.3) is 6.08 Å². The number of carbonyl (C=O) groups excluding carboxylic acids is 3. The normalized spacial score (nSPS) is 10.9. The van der Waals surface area contributed by atoms with Gasteiger partial charge < -0.3 is 14.8 Å². The number of amides is 2. The molecule has 0 saturated heterocycles. The van der Waals surface area contributed by atoms with Gasteiger partial charge in [0.05, 0.1) is 23.9 Å². The largest absolute Gasteiger partial charge is 0.493 e. The molecule has 8 nitrogen and oxygen atoms in total. The van der Waals surface area contributed by atoms with Gasteiger partial charge in [0.15, 0.2) is 11.5 Å². The van der Waals surface area contributed by atoms with E-state index in [4.69, 9.17) is 32.7 Å². The number of rotatable bonds is 9. The summed E-state index contributed by atoms with van der Waals surface area (Å²) in [5.41, 5.74) is 4.84. The van der Waals surface area contributed by atoms with Gasteiger partial charge in [0, 0.05) is 22.3 Å². The monoisotopic (exact) mass is 587 g/mol. The minimum atomic E-state index is -0.586. The fraction of sp³-hybridized carbons (Fsp3) is 0.0323. The Morgan fingerprint density at radius 1 is 0.805 bits per heavy atom. The van der Waals surface area contributed by atoms with Gasteiger partial charge in [-0.2, -0.15) is 5.10 Å². The van der Waals surface area contributed by atoms with Crippen LogP contribution in [0.2, 0.25) is 10.0 Å². The van der Waals surface area contributed by atoms with Crippen molar-refractivity contribution in [1.29, 1.82) is 0 Å². The summed E-state index contributed by atoms with van der Waals surface area (Å²) in [6.45, 7) is 0. The number of ether oxygens (including phenoxy) is 2. The predicted octanol–water partition coefficient (Wildman–Crippen LogP) is 6.64. The summed E-state index contributed by atoms with van der Waals surface area (Å²) in [6, 6.07) is 24.9. The molecule has 0 aliphatic heterocycles. The van der Waals surface area contributed by atoms with E-state index in [9.17, 15) is 14.4 Å². The Balaban J connectivity index is 1.35. The molecule has 0 aliphatic rings. The average molecular weight is 588 g/mol. The van der Waals surface area contributed by atoms with E-state index in [2.05, 4.69) is 15.8 Å². The Hall–Kier alpha value is -4.92. The topological polar surface area (TPSA) is 106 Å². The summed E-state index contributed by atoms with van der Waals surface area (Å²) >= 11 is 12.0. The number of anilines is 1. The molecule has 0 atom stereocenters. The average Bonchev–Trinajstić information content (AvgIpc) is 2.97. The molecule has 0 unspecified atom stereocenters. The molecule has 0 bridgehead atoms. The minimum absolute atomic E-state index is 0.218. The Kier molecular flexibility index (Phi) is 9.88. The van der Waals surface area contributed by atoms with Crippen molar-refractivity contribution in [3.63, 3.8) is 0 Å². The molecular formula is C31H23Cl2N3O5. The Bertz CT molecular complexity index is 1640. The zero-order valence-electron chi connectivity index (χ0n) is 21.6. The third-order valence-electron chi connectivity index (χ3n) is 5.56. The van der Waals surface area contributed by atoms with Gasteiger partial charge in [-0.3, -0.25) is 9.59 Å². The summed E-state index contributed by atoms with van der Waals surface area (Å²) in [7, 11) is 1.44. The Morgan fingerprint density at radius 2 is 1.56 bits per heavy atom. The summed E-state index contributed by atoms with van der Waals surface area (Å²) in [4.78, 5) is 37.4. The fourth-order valence-electron chi connectivity index (χ4n) is 3.54. The zero-order valence-corrected chi connectivity index (χ0v) is 23.1. The molecule has 0 heterocycles. The van der Waals surface area contributed by atoms with Gasteiger partial charge in [-0.05, 0) is 77.9 Å². The Labute approximate surface area is 246 Å². The van der Waals surface area contributed by atoms with Crippen LogP contribution in [0.1, 0.15) is 31.8 Å². The zero-order chi connectivity index (χ0) is 29.2. The molecule has 4 aromatic carbocycles. The summed E-state index contributed by atoms with van der Waals surface area (Å²) in [6.07, 6.45) is 4.32. The summed E-state index contributed by atoms with van der Waals surface area (Å²) in [5.74, 6) is -0.949. The molecule has 10 heteroatoms. The minimum Gasteiger partial charge on any atom is -0.493 e. The second-order valence-electron chi connectivity index (χ2n) is 8.43. The van der Waals surface area contributed by atoms with Gasteiger partial charge in [-0.15, -0.1) is 0 Å². The highest BCUT2D eigenvalue weighted by Crippen LogP contribution is 2.28. The molecule has 0 fully saturated rings. The van der Waals surface area contributed by atoms with E-state index in [1.165, 1.54) is 25.5 Å². The number of esters is 1. The van der Waals surface area contributed by atoms with Crippen LogP contribution in [-0.2, 0) is 4.79 Å². The SMILES string of the molecule is COc1cc(C=NNC(=O)c2cccc(NC(=O)c3ccccc3Cl)c2)ccc1OC(=O)/C=C/c1ccc(Cl)cc1. The van der Waals surface area contributed by atoms with Gasteiger partial charge in [-0.25, -0.2) is 10.2 Å². The van der Waals surface area contributed by atoms with E-state index in [1.807, 2.05) is 0 Å². The van der Waals surface area contributed by atoms with Crippen LogP contribution in [0.5, 0.6) is 11.5 Å². The van der Waals surface area contributed by atoms with Gasteiger partial charge in [-0.1, -0.05) is 53.5 Å². The van der Waals surface area contributed by atoms with Gasteiger partial charge >= 0.3 is 5.97 Å². The smallest absolute Gasteiger partial charge is 0.336 e. The highest BCUT2D eigenvalue weighted by molar-refractivity contribution is 6.34. The van der Waals surface area contributed by atoms with E-state index < -0.39 is 17.8 Å². The first-order valence-electron chi connectivity index (χ1n) is 12.2. The standard InChI is InChI=1S/C31H23Cl2N3O5/c1-40-28-17-21(11-15-27(28)41-29(37)16-12-20-9-13-23(32)14-10-20)19-34-36-30(38)22-5-4-6-24(18-22)35-31(39)25-7-2-3-8-26(25)33/h2-19H,1H3,(H,35,39)(H,36,38)/b16-12+,34-19?. The maximum absolute atomic E-state index is 12.6. The van der Waals surface area contributed by atoms with Crippen molar-refractivity contribution in [2.75, 3.05) is 12.4 Å². The number of hydrazone groups is 1. The third-order valence-corrected chi connectivity index (χ3v) is 6.14.